The molecule has 0 fully saturated rings. The summed E-state index contributed by atoms with van der Waals surface area (Å²) in [7, 11) is 0. The molecule has 0 bridgehead atoms. The topological polar surface area (TPSA) is 38.4 Å². The number of hydrogen-bond donors (Lipinski definition) is 1. The fourth-order valence-corrected chi connectivity index (χ4v) is 0.374. The van der Waals surface area contributed by atoms with E-state index in [-0.39, 0.29) is 6.17 Å². The van der Waals surface area contributed by atoms with Crippen LogP contribution in [-0.2, 0) is 0 Å². The van der Waals surface area contributed by atoms with Gasteiger partial charge in [-0.25, -0.2) is 0 Å². The molecule has 0 heterocycles. The first-order valence-electron chi connectivity index (χ1n) is 3.59. The lowest BCUT2D eigenvalue weighted by Gasteiger charge is -1.95. The lowest BCUT2D eigenvalue weighted by atomic mass is 10.4. The number of nitrogens with two attached hydrogens (primary N) is 1. The van der Waals surface area contributed by atoms with E-state index < -0.39 is 0 Å². The highest BCUT2D eigenvalue weighted by Gasteiger charge is 1.84. The monoisotopic (exact) mass is 142 g/mol. The third-order valence-electron chi connectivity index (χ3n) is 0.703. The van der Waals surface area contributed by atoms with E-state index in [2.05, 4.69) is 11.6 Å². The molecule has 0 saturated carbocycles. The lowest BCUT2D eigenvalue weighted by Crippen LogP contribution is -2.12. The van der Waals surface area contributed by atoms with E-state index in [0.29, 0.717) is 0 Å². The Labute approximate surface area is 63.8 Å². The number of allylic oxidation sites excluding steroid dienone is 1. The predicted molar refractivity (Wildman–Crippen MR) is 48.3 cm³/mol. The van der Waals surface area contributed by atoms with Gasteiger partial charge in [-0.05, 0) is 19.9 Å². The summed E-state index contributed by atoms with van der Waals surface area (Å²) in [5, 5.41) is 0. The molecule has 0 aliphatic heterocycles. The summed E-state index contributed by atoms with van der Waals surface area (Å²) in [6, 6.07) is 0. The molecule has 0 saturated heterocycles. The van der Waals surface area contributed by atoms with Crippen molar-refractivity contribution in [1.29, 1.82) is 0 Å². The molecular formula is C8H18N2. The van der Waals surface area contributed by atoms with Crippen LogP contribution in [0, 0.1) is 0 Å². The van der Waals surface area contributed by atoms with Crippen molar-refractivity contribution in [3.8, 4) is 0 Å². The number of nitrogens with zero attached hydrogens (tertiary/aromatic N) is 1. The van der Waals surface area contributed by atoms with Crippen molar-refractivity contribution >= 4 is 5.71 Å². The summed E-state index contributed by atoms with van der Waals surface area (Å²) in [6.07, 6.45) is 1.58. The molecule has 60 valence electrons. The molecule has 10 heavy (non-hydrogen) atoms. The van der Waals surface area contributed by atoms with Crippen molar-refractivity contribution in [2.24, 2.45) is 10.7 Å². The number of hydrogen-bond acceptors (Lipinski definition) is 2. The Hall–Kier alpha value is -0.630. The standard InChI is InChI=1S/C6H12N2.C2H6/c1-4-5(2)8-6(3)7;1-2/h4,6H,1,7H2,2-3H3;1-2H3/b8-5-;/t6-;/m0./s1. The van der Waals surface area contributed by atoms with Crippen LogP contribution in [0.5, 0.6) is 0 Å². The lowest BCUT2D eigenvalue weighted by molar-refractivity contribution is 0.793. The molecule has 1 atom stereocenters. The van der Waals surface area contributed by atoms with Crippen LogP contribution in [0.25, 0.3) is 0 Å². The largest absolute Gasteiger partial charge is 0.310 e. The van der Waals surface area contributed by atoms with E-state index in [0.717, 1.165) is 5.71 Å². The van der Waals surface area contributed by atoms with Gasteiger partial charge >= 0.3 is 0 Å². The summed E-state index contributed by atoms with van der Waals surface area (Å²) in [4.78, 5) is 3.97. The van der Waals surface area contributed by atoms with Crippen molar-refractivity contribution in [3.05, 3.63) is 12.7 Å². The summed E-state index contributed by atoms with van der Waals surface area (Å²) in [5.41, 5.74) is 6.22. The van der Waals surface area contributed by atoms with Crippen LogP contribution in [0.15, 0.2) is 17.6 Å². The van der Waals surface area contributed by atoms with E-state index in [9.17, 15) is 0 Å². The van der Waals surface area contributed by atoms with Crippen molar-refractivity contribution in [2.45, 2.75) is 33.9 Å². The van der Waals surface area contributed by atoms with E-state index in [1.807, 2.05) is 27.7 Å². The first-order chi connectivity index (χ1) is 4.66. The quantitative estimate of drug-likeness (QED) is 0.588. The van der Waals surface area contributed by atoms with E-state index in [1.165, 1.54) is 0 Å². The van der Waals surface area contributed by atoms with Gasteiger partial charge in [0.2, 0.25) is 0 Å². The van der Waals surface area contributed by atoms with Gasteiger partial charge in [0.1, 0.15) is 0 Å². The van der Waals surface area contributed by atoms with Crippen LogP contribution in [-0.4, -0.2) is 11.9 Å². The third-order valence-corrected chi connectivity index (χ3v) is 0.703. The average Bonchev–Trinajstić information content (AvgIpc) is 1.91. The zero-order valence-electron chi connectivity index (χ0n) is 7.39. The molecule has 0 aliphatic carbocycles. The van der Waals surface area contributed by atoms with Crippen LogP contribution in [0.3, 0.4) is 0 Å². The zero-order chi connectivity index (χ0) is 8.57. The van der Waals surface area contributed by atoms with Crippen molar-refractivity contribution in [2.75, 3.05) is 0 Å². The van der Waals surface area contributed by atoms with Crippen LogP contribution in [0.2, 0.25) is 0 Å². The molecule has 2 nitrogen and oxygen atoms in total. The Bertz CT molecular complexity index is 104. The molecule has 0 aromatic carbocycles. The highest BCUT2D eigenvalue weighted by atomic mass is 14.9. The molecule has 0 spiro atoms. The predicted octanol–water partition coefficient (Wildman–Crippen LogP) is 1.96. The average molecular weight is 142 g/mol. The normalized spacial score (nSPS) is 13.1. The molecule has 0 aromatic rings. The van der Waals surface area contributed by atoms with Gasteiger partial charge in [0, 0.05) is 5.71 Å². The van der Waals surface area contributed by atoms with Gasteiger partial charge in [0.05, 0.1) is 6.17 Å². The van der Waals surface area contributed by atoms with Crippen molar-refractivity contribution < 1.29 is 0 Å². The second kappa shape index (κ2) is 8.37. The second-order valence-electron chi connectivity index (χ2n) is 1.72. The Morgan fingerprint density at radius 2 is 2.00 bits per heavy atom. The SMILES string of the molecule is C=C/C(C)=N\[C@@H](C)N.CC. The molecule has 0 aromatic heterocycles. The van der Waals surface area contributed by atoms with Crippen molar-refractivity contribution in [3.63, 3.8) is 0 Å². The summed E-state index contributed by atoms with van der Waals surface area (Å²) < 4.78 is 0. The highest BCUT2D eigenvalue weighted by molar-refractivity contribution is 5.92. The molecule has 0 rings (SSSR count). The smallest absolute Gasteiger partial charge is 0.0943 e. The Kier molecular flexibility index (Phi) is 10.1. The minimum Gasteiger partial charge on any atom is -0.310 e. The third kappa shape index (κ3) is 10.4. The Morgan fingerprint density at radius 3 is 2.10 bits per heavy atom. The maximum atomic E-state index is 5.33. The minimum atomic E-state index is -0.104. The van der Waals surface area contributed by atoms with Crippen LogP contribution >= 0.6 is 0 Å². The number of rotatable bonds is 2. The Morgan fingerprint density at radius 1 is 1.60 bits per heavy atom. The van der Waals surface area contributed by atoms with Gasteiger partial charge in [0.25, 0.3) is 0 Å². The first-order valence-corrected chi connectivity index (χ1v) is 3.59. The van der Waals surface area contributed by atoms with Crippen LogP contribution < -0.4 is 5.73 Å². The maximum Gasteiger partial charge on any atom is 0.0943 e. The van der Waals surface area contributed by atoms with Gasteiger partial charge in [0.15, 0.2) is 0 Å². The fraction of sp³-hybridized carbons (Fsp3) is 0.625. The van der Waals surface area contributed by atoms with Gasteiger partial charge in [-0.15, -0.1) is 0 Å². The second-order valence-corrected chi connectivity index (χ2v) is 1.72. The van der Waals surface area contributed by atoms with Crippen LogP contribution in [0.4, 0.5) is 0 Å². The van der Waals surface area contributed by atoms with Gasteiger partial charge in [-0.1, -0.05) is 20.4 Å². The number of aliphatic imine (C=N–C) groups is 1. The van der Waals surface area contributed by atoms with Crippen molar-refractivity contribution in [1.82, 2.24) is 0 Å². The van der Waals surface area contributed by atoms with E-state index in [1.54, 1.807) is 6.08 Å². The fourth-order valence-electron chi connectivity index (χ4n) is 0.374. The molecule has 0 unspecified atom stereocenters. The molecule has 0 aliphatic rings. The van der Waals surface area contributed by atoms with E-state index >= 15 is 0 Å². The molecular weight excluding hydrogens is 124 g/mol. The van der Waals surface area contributed by atoms with Crippen LogP contribution in [0.1, 0.15) is 27.7 Å². The molecule has 0 amide bonds. The van der Waals surface area contributed by atoms with Gasteiger partial charge in [-0.3, -0.25) is 4.99 Å². The molecule has 2 N–H and O–H groups in total. The maximum absolute atomic E-state index is 5.33. The first kappa shape index (κ1) is 12.1. The molecule has 2 heteroatoms. The van der Waals surface area contributed by atoms with Gasteiger partial charge in [-0.2, -0.15) is 0 Å². The highest BCUT2D eigenvalue weighted by Crippen LogP contribution is 1.81. The Balaban J connectivity index is 0. The molecule has 0 radical (unpaired) electrons. The van der Waals surface area contributed by atoms with E-state index in [4.69, 9.17) is 5.73 Å². The van der Waals surface area contributed by atoms with Gasteiger partial charge < -0.3 is 5.73 Å². The summed E-state index contributed by atoms with van der Waals surface area (Å²) >= 11 is 0. The zero-order valence-corrected chi connectivity index (χ0v) is 7.39. The minimum absolute atomic E-state index is 0.104. The summed E-state index contributed by atoms with van der Waals surface area (Å²) in [5.74, 6) is 0. The summed E-state index contributed by atoms with van der Waals surface area (Å²) in [6.45, 7) is 11.2.